The third-order valence-electron chi connectivity index (χ3n) is 3.90. The van der Waals surface area contributed by atoms with E-state index in [2.05, 4.69) is 10.6 Å². The van der Waals surface area contributed by atoms with E-state index >= 15 is 0 Å². The second kappa shape index (κ2) is 9.47. The Balaban J connectivity index is 1.69. The van der Waals surface area contributed by atoms with Crippen LogP contribution >= 0.6 is 0 Å². The largest absolute Gasteiger partial charge is 0.445 e. The minimum absolute atomic E-state index is 0.175. The summed E-state index contributed by atoms with van der Waals surface area (Å²) in [7, 11) is 0. The number of aryl methyl sites for hydroxylation is 1. The summed E-state index contributed by atoms with van der Waals surface area (Å²) in [5, 5.41) is 5.36. The van der Waals surface area contributed by atoms with Crippen molar-refractivity contribution in [1.82, 2.24) is 10.6 Å². The lowest BCUT2D eigenvalue weighted by molar-refractivity contribution is -0.122. The van der Waals surface area contributed by atoms with Gasteiger partial charge in [-0.1, -0.05) is 54.6 Å². The van der Waals surface area contributed by atoms with Gasteiger partial charge in [0.25, 0.3) is 0 Å². The highest BCUT2D eigenvalue weighted by Gasteiger charge is 2.15. The van der Waals surface area contributed by atoms with E-state index < -0.39 is 12.1 Å². The van der Waals surface area contributed by atoms with Gasteiger partial charge in [0.1, 0.15) is 12.6 Å². The summed E-state index contributed by atoms with van der Waals surface area (Å²) >= 11 is 0. The normalized spacial score (nSPS) is 11.4. The Morgan fingerprint density at radius 3 is 2.44 bits per heavy atom. The highest BCUT2D eigenvalue weighted by atomic mass is 16.5. The number of alkyl carbamates (subject to hydrolysis) is 1. The Labute approximate surface area is 148 Å². The SMILES string of the molecule is Cc1ccccc1CCNC(=O)[C@H](C)NC(=O)OCc1ccccc1. The first-order chi connectivity index (χ1) is 12.1. The van der Waals surface area contributed by atoms with Crippen molar-refractivity contribution in [3.8, 4) is 0 Å². The summed E-state index contributed by atoms with van der Waals surface area (Å²) in [5.74, 6) is -0.231. The van der Waals surface area contributed by atoms with Crippen molar-refractivity contribution in [1.29, 1.82) is 0 Å². The molecule has 0 unspecified atom stereocenters. The van der Waals surface area contributed by atoms with Gasteiger partial charge >= 0.3 is 6.09 Å². The first-order valence-corrected chi connectivity index (χ1v) is 8.35. The molecule has 0 radical (unpaired) electrons. The molecule has 0 aliphatic carbocycles. The summed E-state index contributed by atoms with van der Waals surface area (Å²) < 4.78 is 5.11. The van der Waals surface area contributed by atoms with Gasteiger partial charge in [-0.05, 0) is 37.0 Å². The van der Waals surface area contributed by atoms with Crippen LogP contribution in [0.2, 0.25) is 0 Å². The number of hydrogen-bond acceptors (Lipinski definition) is 3. The lowest BCUT2D eigenvalue weighted by Crippen LogP contribution is -2.45. The molecule has 25 heavy (non-hydrogen) atoms. The van der Waals surface area contributed by atoms with Gasteiger partial charge in [0.05, 0.1) is 0 Å². The van der Waals surface area contributed by atoms with Crippen LogP contribution in [0.25, 0.3) is 0 Å². The van der Waals surface area contributed by atoms with Gasteiger partial charge < -0.3 is 15.4 Å². The van der Waals surface area contributed by atoms with Crippen LogP contribution in [0.15, 0.2) is 54.6 Å². The average Bonchev–Trinajstić information content (AvgIpc) is 2.62. The smallest absolute Gasteiger partial charge is 0.408 e. The Hall–Kier alpha value is -2.82. The highest BCUT2D eigenvalue weighted by molar-refractivity contribution is 5.85. The summed E-state index contributed by atoms with van der Waals surface area (Å²) in [5.41, 5.74) is 3.30. The maximum Gasteiger partial charge on any atom is 0.408 e. The van der Waals surface area contributed by atoms with Crippen LogP contribution in [-0.2, 0) is 22.6 Å². The van der Waals surface area contributed by atoms with Crippen molar-refractivity contribution >= 4 is 12.0 Å². The van der Waals surface area contributed by atoms with Crippen molar-refractivity contribution in [3.63, 3.8) is 0 Å². The molecule has 2 amide bonds. The van der Waals surface area contributed by atoms with Gasteiger partial charge in [0.15, 0.2) is 0 Å². The molecule has 0 aliphatic heterocycles. The van der Waals surface area contributed by atoms with E-state index in [-0.39, 0.29) is 12.5 Å². The van der Waals surface area contributed by atoms with Crippen LogP contribution in [0.3, 0.4) is 0 Å². The van der Waals surface area contributed by atoms with E-state index in [4.69, 9.17) is 4.74 Å². The van der Waals surface area contributed by atoms with Crippen molar-refractivity contribution < 1.29 is 14.3 Å². The average molecular weight is 340 g/mol. The summed E-state index contributed by atoms with van der Waals surface area (Å²) in [6.07, 6.45) is 0.147. The van der Waals surface area contributed by atoms with Gasteiger partial charge in [0, 0.05) is 6.54 Å². The first-order valence-electron chi connectivity index (χ1n) is 8.35. The van der Waals surface area contributed by atoms with E-state index in [1.54, 1.807) is 6.92 Å². The standard InChI is InChI=1S/C20H24N2O3/c1-15-8-6-7-11-18(15)12-13-21-19(23)16(2)22-20(24)25-14-17-9-4-3-5-10-17/h3-11,16H,12-14H2,1-2H3,(H,21,23)(H,22,24)/t16-/m0/s1. The number of carbonyl (C=O) groups is 2. The van der Waals surface area contributed by atoms with Crippen molar-refractivity contribution in [2.45, 2.75) is 32.9 Å². The van der Waals surface area contributed by atoms with E-state index in [0.29, 0.717) is 6.54 Å². The van der Waals surface area contributed by atoms with E-state index in [0.717, 1.165) is 12.0 Å². The fraction of sp³-hybridized carbons (Fsp3) is 0.300. The summed E-state index contributed by atoms with van der Waals surface area (Å²) in [6.45, 7) is 4.38. The zero-order valence-corrected chi connectivity index (χ0v) is 14.6. The number of rotatable bonds is 7. The number of hydrogen-bond donors (Lipinski definition) is 2. The lowest BCUT2D eigenvalue weighted by Gasteiger charge is -2.14. The molecule has 2 N–H and O–H groups in total. The van der Waals surface area contributed by atoms with Gasteiger partial charge in [-0.2, -0.15) is 0 Å². The van der Waals surface area contributed by atoms with Crippen LogP contribution in [0.4, 0.5) is 4.79 Å². The maximum absolute atomic E-state index is 12.0. The second-order valence-corrected chi connectivity index (χ2v) is 5.90. The van der Waals surface area contributed by atoms with Crippen LogP contribution in [0.1, 0.15) is 23.6 Å². The molecule has 5 nitrogen and oxygen atoms in total. The van der Waals surface area contributed by atoms with Crippen LogP contribution in [-0.4, -0.2) is 24.6 Å². The summed E-state index contributed by atoms with van der Waals surface area (Å²) in [6, 6.07) is 16.8. The van der Waals surface area contributed by atoms with Crippen molar-refractivity contribution in [2.24, 2.45) is 0 Å². The van der Waals surface area contributed by atoms with Crippen molar-refractivity contribution in [3.05, 3.63) is 71.3 Å². The monoisotopic (exact) mass is 340 g/mol. The molecular formula is C20H24N2O3. The molecular weight excluding hydrogens is 316 g/mol. The number of ether oxygens (including phenoxy) is 1. The number of carbonyl (C=O) groups excluding carboxylic acids is 2. The van der Waals surface area contributed by atoms with Crippen LogP contribution in [0.5, 0.6) is 0 Å². The Morgan fingerprint density at radius 2 is 1.72 bits per heavy atom. The van der Waals surface area contributed by atoms with Gasteiger partial charge in [0.2, 0.25) is 5.91 Å². The topological polar surface area (TPSA) is 67.4 Å². The fourth-order valence-electron chi connectivity index (χ4n) is 2.37. The lowest BCUT2D eigenvalue weighted by atomic mass is 10.1. The van der Waals surface area contributed by atoms with Crippen molar-refractivity contribution in [2.75, 3.05) is 6.54 Å². The van der Waals surface area contributed by atoms with Gasteiger partial charge in [-0.3, -0.25) is 4.79 Å². The molecule has 132 valence electrons. The minimum atomic E-state index is -0.653. The molecule has 1 atom stereocenters. The Kier molecular flexibility index (Phi) is 7.01. The molecule has 5 heteroatoms. The second-order valence-electron chi connectivity index (χ2n) is 5.90. The third-order valence-corrected chi connectivity index (χ3v) is 3.90. The quantitative estimate of drug-likeness (QED) is 0.814. The first kappa shape index (κ1) is 18.5. The number of benzene rings is 2. The predicted octanol–water partition coefficient (Wildman–Crippen LogP) is 2.97. The zero-order chi connectivity index (χ0) is 18.1. The van der Waals surface area contributed by atoms with E-state index in [1.165, 1.54) is 11.1 Å². The summed E-state index contributed by atoms with van der Waals surface area (Å²) in [4.78, 5) is 23.8. The molecule has 0 aliphatic rings. The number of amides is 2. The van der Waals surface area contributed by atoms with Crippen LogP contribution in [0, 0.1) is 6.92 Å². The zero-order valence-electron chi connectivity index (χ0n) is 14.6. The molecule has 0 bridgehead atoms. The molecule has 2 aromatic rings. The Bertz CT molecular complexity index is 701. The molecule has 0 saturated heterocycles. The molecule has 2 aromatic carbocycles. The van der Waals surface area contributed by atoms with E-state index in [1.807, 2.05) is 61.5 Å². The highest BCUT2D eigenvalue weighted by Crippen LogP contribution is 2.06. The minimum Gasteiger partial charge on any atom is -0.445 e. The van der Waals surface area contributed by atoms with Gasteiger partial charge in [-0.15, -0.1) is 0 Å². The number of nitrogens with one attached hydrogen (secondary N) is 2. The molecule has 0 saturated carbocycles. The molecule has 2 rings (SSSR count). The van der Waals surface area contributed by atoms with Crippen LogP contribution < -0.4 is 10.6 Å². The molecule has 0 aromatic heterocycles. The molecule has 0 heterocycles. The molecule has 0 spiro atoms. The Morgan fingerprint density at radius 1 is 1.04 bits per heavy atom. The maximum atomic E-state index is 12.0. The predicted molar refractivity (Wildman–Crippen MR) is 97.1 cm³/mol. The molecule has 0 fully saturated rings. The fourth-order valence-corrected chi connectivity index (χ4v) is 2.37. The van der Waals surface area contributed by atoms with Gasteiger partial charge in [-0.25, -0.2) is 4.79 Å². The third kappa shape index (κ3) is 6.30. The van der Waals surface area contributed by atoms with E-state index in [9.17, 15) is 9.59 Å².